The highest BCUT2D eigenvalue weighted by atomic mass is 16.3. The zero-order chi connectivity index (χ0) is 23.7. The van der Waals surface area contributed by atoms with Gasteiger partial charge in [-0.25, -0.2) is 4.98 Å². The standard InChI is InChI=1S/C29H24N2O3/c1-18-17-24(34-19(18)2)26(20-11-5-3-6-12-20)31-29(33)25-22-15-9-10-16-23(22)30-27(28(25)32)21-13-7-4-8-14-21/h3-17,26,32H,1-2H3,(H,31,33). The number of fused-ring (bicyclic) bond motifs is 1. The van der Waals surface area contributed by atoms with Gasteiger partial charge in [0.15, 0.2) is 5.75 Å². The van der Waals surface area contributed by atoms with Crippen molar-refractivity contribution >= 4 is 16.8 Å². The molecule has 1 unspecified atom stereocenters. The summed E-state index contributed by atoms with van der Waals surface area (Å²) in [5.41, 5.74) is 3.80. The van der Waals surface area contributed by atoms with Crippen LogP contribution >= 0.6 is 0 Å². The first-order valence-corrected chi connectivity index (χ1v) is 11.1. The lowest BCUT2D eigenvalue weighted by Crippen LogP contribution is -2.29. The van der Waals surface area contributed by atoms with Crippen molar-refractivity contribution in [2.24, 2.45) is 0 Å². The minimum absolute atomic E-state index is 0.152. The molecule has 2 aromatic heterocycles. The number of para-hydroxylation sites is 1. The van der Waals surface area contributed by atoms with Crippen LogP contribution < -0.4 is 5.32 Å². The molecular formula is C29H24N2O3. The number of benzene rings is 3. The normalized spacial score (nSPS) is 11.9. The molecule has 1 atom stereocenters. The molecule has 2 N–H and O–H groups in total. The molecule has 5 heteroatoms. The van der Waals surface area contributed by atoms with E-state index in [2.05, 4.69) is 10.3 Å². The van der Waals surface area contributed by atoms with E-state index >= 15 is 0 Å². The molecular weight excluding hydrogens is 424 g/mol. The first-order chi connectivity index (χ1) is 16.5. The van der Waals surface area contributed by atoms with Crippen LogP contribution in [0.4, 0.5) is 0 Å². The number of pyridine rings is 1. The molecule has 0 fully saturated rings. The maximum Gasteiger partial charge on any atom is 0.256 e. The molecule has 1 amide bonds. The smallest absolute Gasteiger partial charge is 0.256 e. The van der Waals surface area contributed by atoms with Gasteiger partial charge in [0, 0.05) is 10.9 Å². The predicted octanol–water partition coefficient (Wildman–Crippen LogP) is 6.34. The van der Waals surface area contributed by atoms with Crippen LogP contribution in [0.5, 0.6) is 5.75 Å². The Labute approximate surface area is 197 Å². The van der Waals surface area contributed by atoms with E-state index in [1.165, 1.54) is 0 Å². The van der Waals surface area contributed by atoms with E-state index in [-0.39, 0.29) is 11.3 Å². The number of aromatic nitrogens is 1. The Morgan fingerprint density at radius 1 is 0.912 bits per heavy atom. The van der Waals surface area contributed by atoms with Crippen LogP contribution in [0.1, 0.15) is 39.0 Å². The van der Waals surface area contributed by atoms with Crippen molar-refractivity contribution in [3.63, 3.8) is 0 Å². The van der Waals surface area contributed by atoms with Gasteiger partial charge in [0.05, 0.1) is 11.1 Å². The Kier molecular flexibility index (Phi) is 5.60. The lowest BCUT2D eigenvalue weighted by Gasteiger charge is -2.19. The van der Waals surface area contributed by atoms with Gasteiger partial charge in [-0.2, -0.15) is 0 Å². The number of rotatable bonds is 5. The Morgan fingerprint density at radius 3 is 2.24 bits per heavy atom. The second-order valence-electron chi connectivity index (χ2n) is 8.27. The van der Waals surface area contributed by atoms with Gasteiger partial charge in [-0.05, 0) is 37.1 Å². The molecule has 0 spiro atoms. The highest BCUT2D eigenvalue weighted by Gasteiger charge is 2.26. The SMILES string of the molecule is Cc1cc(C(NC(=O)c2c(O)c(-c3ccccc3)nc3ccccc23)c2ccccc2)oc1C. The van der Waals surface area contributed by atoms with E-state index in [1.807, 2.05) is 98.8 Å². The lowest BCUT2D eigenvalue weighted by atomic mass is 10.00. The molecule has 0 aliphatic heterocycles. The molecule has 0 bridgehead atoms. The number of hydrogen-bond donors (Lipinski definition) is 2. The molecule has 5 aromatic rings. The van der Waals surface area contributed by atoms with Crippen molar-refractivity contribution in [3.05, 3.63) is 119 Å². The largest absolute Gasteiger partial charge is 0.505 e. The first kappa shape index (κ1) is 21.5. The zero-order valence-corrected chi connectivity index (χ0v) is 18.9. The second kappa shape index (κ2) is 8.87. The van der Waals surface area contributed by atoms with Gasteiger partial charge in [-0.1, -0.05) is 78.9 Å². The number of carbonyl (C=O) groups excluding carboxylic acids is 1. The molecule has 2 heterocycles. The Bertz CT molecular complexity index is 1450. The predicted molar refractivity (Wildman–Crippen MR) is 133 cm³/mol. The fraction of sp³-hybridized carbons (Fsp3) is 0.103. The molecule has 0 aliphatic carbocycles. The summed E-state index contributed by atoms with van der Waals surface area (Å²) in [6.07, 6.45) is 0. The minimum atomic E-state index is -0.521. The Hall–Kier alpha value is -4.38. The molecule has 168 valence electrons. The number of furan rings is 1. The monoisotopic (exact) mass is 448 g/mol. The highest BCUT2D eigenvalue weighted by molar-refractivity contribution is 6.10. The van der Waals surface area contributed by atoms with E-state index in [0.717, 1.165) is 22.5 Å². The average Bonchev–Trinajstić information content (AvgIpc) is 3.20. The van der Waals surface area contributed by atoms with Gasteiger partial charge in [-0.3, -0.25) is 4.79 Å². The van der Waals surface area contributed by atoms with Crippen molar-refractivity contribution in [1.82, 2.24) is 10.3 Å². The van der Waals surface area contributed by atoms with Crippen molar-refractivity contribution in [2.45, 2.75) is 19.9 Å². The summed E-state index contributed by atoms with van der Waals surface area (Å²) >= 11 is 0. The van der Waals surface area contributed by atoms with Gasteiger partial charge in [-0.15, -0.1) is 0 Å². The van der Waals surface area contributed by atoms with Crippen LogP contribution in [-0.2, 0) is 0 Å². The first-order valence-electron chi connectivity index (χ1n) is 11.1. The van der Waals surface area contributed by atoms with Gasteiger partial charge in [0.2, 0.25) is 0 Å². The molecule has 0 saturated carbocycles. The van der Waals surface area contributed by atoms with Crippen molar-refractivity contribution in [1.29, 1.82) is 0 Å². The van der Waals surface area contributed by atoms with Crippen molar-refractivity contribution in [2.75, 3.05) is 0 Å². The molecule has 5 rings (SSSR count). The number of nitrogens with one attached hydrogen (secondary N) is 1. The molecule has 0 saturated heterocycles. The summed E-state index contributed by atoms with van der Waals surface area (Å²) in [5.74, 6) is 0.874. The third kappa shape index (κ3) is 3.92. The average molecular weight is 449 g/mol. The van der Waals surface area contributed by atoms with Crippen LogP contribution in [-0.4, -0.2) is 16.0 Å². The highest BCUT2D eigenvalue weighted by Crippen LogP contribution is 2.36. The topological polar surface area (TPSA) is 75.4 Å². The number of aryl methyl sites for hydroxylation is 2. The summed E-state index contributed by atoms with van der Waals surface area (Å²) in [7, 11) is 0. The van der Waals surface area contributed by atoms with E-state index < -0.39 is 11.9 Å². The number of amides is 1. The maximum atomic E-state index is 13.8. The van der Waals surface area contributed by atoms with Crippen molar-refractivity contribution in [3.8, 4) is 17.0 Å². The fourth-order valence-electron chi connectivity index (χ4n) is 4.14. The third-order valence-electron chi connectivity index (χ3n) is 6.02. The maximum absolute atomic E-state index is 13.8. The van der Waals surface area contributed by atoms with Crippen LogP contribution in [0, 0.1) is 13.8 Å². The molecule has 0 radical (unpaired) electrons. The van der Waals surface area contributed by atoms with Crippen LogP contribution in [0.2, 0.25) is 0 Å². The van der Waals surface area contributed by atoms with Crippen LogP contribution in [0.25, 0.3) is 22.2 Å². The number of hydrogen-bond acceptors (Lipinski definition) is 4. The molecule has 34 heavy (non-hydrogen) atoms. The molecule has 5 nitrogen and oxygen atoms in total. The van der Waals surface area contributed by atoms with Crippen molar-refractivity contribution < 1.29 is 14.3 Å². The van der Waals surface area contributed by atoms with Crippen LogP contribution in [0.15, 0.2) is 95.4 Å². The number of carbonyl (C=O) groups is 1. The van der Waals surface area contributed by atoms with Gasteiger partial charge >= 0.3 is 0 Å². The van der Waals surface area contributed by atoms with E-state index in [9.17, 15) is 9.90 Å². The summed E-state index contributed by atoms with van der Waals surface area (Å²) in [6, 6.07) is 27.8. The van der Waals surface area contributed by atoms with E-state index in [1.54, 1.807) is 6.07 Å². The van der Waals surface area contributed by atoms with Crippen LogP contribution in [0.3, 0.4) is 0 Å². The lowest BCUT2D eigenvalue weighted by molar-refractivity contribution is 0.0938. The minimum Gasteiger partial charge on any atom is -0.505 e. The summed E-state index contributed by atoms with van der Waals surface area (Å²) in [4.78, 5) is 18.4. The van der Waals surface area contributed by atoms with E-state index in [4.69, 9.17) is 4.42 Å². The Balaban J connectivity index is 1.64. The summed E-state index contributed by atoms with van der Waals surface area (Å²) < 4.78 is 5.99. The quantitative estimate of drug-likeness (QED) is 0.329. The molecule has 3 aromatic carbocycles. The number of aromatic hydroxyl groups is 1. The summed E-state index contributed by atoms with van der Waals surface area (Å²) in [6.45, 7) is 3.87. The fourth-order valence-corrected chi connectivity index (χ4v) is 4.14. The second-order valence-corrected chi connectivity index (χ2v) is 8.27. The summed E-state index contributed by atoms with van der Waals surface area (Å²) in [5, 5.41) is 14.9. The molecule has 0 aliphatic rings. The Morgan fingerprint density at radius 2 is 1.56 bits per heavy atom. The zero-order valence-electron chi connectivity index (χ0n) is 18.9. The van der Waals surface area contributed by atoms with E-state index in [0.29, 0.717) is 22.4 Å². The van der Waals surface area contributed by atoms with Gasteiger partial charge in [0.1, 0.15) is 23.3 Å². The third-order valence-corrected chi connectivity index (χ3v) is 6.02. The van der Waals surface area contributed by atoms with Gasteiger partial charge in [0.25, 0.3) is 5.91 Å². The van der Waals surface area contributed by atoms with Gasteiger partial charge < -0.3 is 14.8 Å². The number of nitrogens with zero attached hydrogens (tertiary/aromatic N) is 1.